The topological polar surface area (TPSA) is 93.3 Å². The Balaban J connectivity index is 1.50. The first-order chi connectivity index (χ1) is 12.9. The van der Waals surface area contributed by atoms with Crippen molar-refractivity contribution in [1.29, 1.82) is 0 Å². The van der Waals surface area contributed by atoms with Gasteiger partial charge >= 0.3 is 0 Å². The molecule has 2 aromatic heterocycles. The van der Waals surface area contributed by atoms with Crippen LogP contribution >= 0.6 is 0 Å². The standard InChI is InChI=1S/C19H27N5O3/c1-13-17(14(2)27-22-13)12-24-9-6-16(4-5-19(24)26)21-18(25)7-10-23-11-8-20-15(23)3/h8,11,16H,4-7,9-10,12H2,1-3H3,(H,21,25). The first-order valence-corrected chi connectivity index (χ1v) is 9.40. The maximum atomic E-state index is 12.5. The molecule has 1 aliphatic rings. The molecule has 1 fully saturated rings. The van der Waals surface area contributed by atoms with E-state index in [0.29, 0.717) is 38.9 Å². The third-order valence-corrected chi connectivity index (χ3v) is 5.21. The predicted molar refractivity (Wildman–Crippen MR) is 98.8 cm³/mol. The van der Waals surface area contributed by atoms with E-state index in [9.17, 15) is 9.59 Å². The van der Waals surface area contributed by atoms with E-state index in [0.717, 1.165) is 29.3 Å². The normalized spacial score (nSPS) is 17.8. The molecule has 0 radical (unpaired) electrons. The van der Waals surface area contributed by atoms with Crippen LogP contribution in [0.15, 0.2) is 16.9 Å². The second kappa shape index (κ2) is 8.37. The van der Waals surface area contributed by atoms with Gasteiger partial charge in [0.15, 0.2) is 0 Å². The molecule has 146 valence electrons. The van der Waals surface area contributed by atoms with Crippen LogP contribution < -0.4 is 5.32 Å². The number of rotatable bonds is 6. The van der Waals surface area contributed by atoms with E-state index in [1.807, 2.05) is 36.4 Å². The molecule has 2 amide bonds. The molecule has 1 aliphatic heterocycles. The van der Waals surface area contributed by atoms with Crippen LogP contribution in [0.4, 0.5) is 0 Å². The van der Waals surface area contributed by atoms with Crippen molar-refractivity contribution in [3.63, 3.8) is 0 Å². The summed E-state index contributed by atoms with van der Waals surface area (Å²) in [5.41, 5.74) is 1.80. The average Bonchev–Trinajstić information content (AvgIpc) is 3.13. The van der Waals surface area contributed by atoms with E-state index in [2.05, 4.69) is 15.5 Å². The molecule has 0 saturated carbocycles. The Morgan fingerprint density at radius 1 is 1.33 bits per heavy atom. The average molecular weight is 373 g/mol. The van der Waals surface area contributed by atoms with Gasteiger partial charge in [-0.15, -0.1) is 0 Å². The summed E-state index contributed by atoms with van der Waals surface area (Å²) < 4.78 is 7.15. The molecule has 1 atom stereocenters. The fraction of sp³-hybridized carbons (Fsp3) is 0.579. The number of hydrogen-bond donors (Lipinski definition) is 1. The van der Waals surface area contributed by atoms with E-state index in [1.54, 1.807) is 6.20 Å². The Kier molecular flexibility index (Phi) is 5.93. The highest BCUT2D eigenvalue weighted by Gasteiger charge is 2.25. The van der Waals surface area contributed by atoms with Gasteiger partial charge in [-0.2, -0.15) is 0 Å². The second-order valence-corrected chi connectivity index (χ2v) is 7.13. The number of aromatic nitrogens is 3. The summed E-state index contributed by atoms with van der Waals surface area (Å²) in [6.07, 6.45) is 5.88. The van der Waals surface area contributed by atoms with Gasteiger partial charge in [-0.25, -0.2) is 4.98 Å². The molecule has 3 heterocycles. The summed E-state index contributed by atoms with van der Waals surface area (Å²) in [7, 11) is 0. The highest BCUT2D eigenvalue weighted by atomic mass is 16.5. The Morgan fingerprint density at radius 2 is 2.15 bits per heavy atom. The fourth-order valence-corrected chi connectivity index (χ4v) is 3.43. The number of nitrogens with one attached hydrogen (secondary N) is 1. The minimum atomic E-state index is 0.0136. The van der Waals surface area contributed by atoms with Gasteiger partial charge in [0.2, 0.25) is 11.8 Å². The number of amides is 2. The van der Waals surface area contributed by atoms with Crippen LogP contribution in [0.3, 0.4) is 0 Å². The highest BCUT2D eigenvalue weighted by molar-refractivity contribution is 5.78. The van der Waals surface area contributed by atoms with E-state index >= 15 is 0 Å². The third-order valence-electron chi connectivity index (χ3n) is 5.21. The first-order valence-electron chi connectivity index (χ1n) is 9.40. The lowest BCUT2D eigenvalue weighted by Crippen LogP contribution is -2.36. The Hall–Kier alpha value is -2.64. The van der Waals surface area contributed by atoms with Crippen LogP contribution in [0.5, 0.6) is 0 Å². The maximum Gasteiger partial charge on any atom is 0.222 e. The third kappa shape index (κ3) is 4.75. The van der Waals surface area contributed by atoms with Gasteiger partial charge < -0.3 is 19.3 Å². The van der Waals surface area contributed by atoms with Crippen molar-refractivity contribution in [3.8, 4) is 0 Å². The number of carbonyl (C=O) groups is 2. The molecular weight excluding hydrogens is 346 g/mol. The van der Waals surface area contributed by atoms with Gasteiger partial charge in [0, 0.05) is 49.9 Å². The quantitative estimate of drug-likeness (QED) is 0.834. The van der Waals surface area contributed by atoms with E-state index in [1.165, 1.54) is 0 Å². The number of imidazole rings is 1. The minimum absolute atomic E-state index is 0.0136. The molecule has 0 aliphatic carbocycles. The summed E-state index contributed by atoms with van der Waals surface area (Å²) in [4.78, 5) is 30.7. The molecular formula is C19H27N5O3. The van der Waals surface area contributed by atoms with E-state index in [4.69, 9.17) is 4.52 Å². The van der Waals surface area contributed by atoms with Crippen molar-refractivity contribution in [3.05, 3.63) is 35.2 Å². The number of aryl methyl sites for hydroxylation is 4. The molecule has 1 unspecified atom stereocenters. The second-order valence-electron chi connectivity index (χ2n) is 7.13. The predicted octanol–water partition coefficient (Wildman–Crippen LogP) is 1.88. The van der Waals surface area contributed by atoms with Crippen molar-refractivity contribution in [1.82, 2.24) is 24.9 Å². The van der Waals surface area contributed by atoms with Gasteiger partial charge in [0.1, 0.15) is 11.6 Å². The number of carbonyl (C=O) groups excluding carboxylic acids is 2. The van der Waals surface area contributed by atoms with Crippen LogP contribution in [0.1, 0.15) is 48.5 Å². The molecule has 8 nitrogen and oxygen atoms in total. The Morgan fingerprint density at radius 3 is 2.81 bits per heavy atom. The van der Waals surface area contributed by atoms with Crippen molar-refractivity contribution in [2.75, 3.05) is 6.54 Å². The van der Waals surface area contributed by atoms with Crippen molar-refractivity contribution in [2.45, 2.75) is 65.6 Å². The van der Waals surface area contributed by atoms with Gasteiger partial charge in [0.25, 0.3) is 0 Å². The fourth-order valence-electron chi connectivity index (χ4n) is 3.43. The zero-order chi connectivity index (χ0) is 19.4. The van der Waals surface area contributed by atoms with Gasteiger partial charge in [-0.3, -0.25) is 9.59 Å². The summed E-state index contributed by atoms with van der Waals surface area (Å²) in [6.45, 7) is 7.42. The number of hydrogen-bond acceptors (Lipinski definition) is 5. The number of nitrogens with zero attached hydrogens (tertiary/aromatic N) is 4. The first kappa shape index (κ1) is 19.1. The van der Waals surface area contributed by atoms with Crippen molar-refractivity contribution in [2.24, 2.45) is 0 Å². The zero-order valence-electron chi connectivity index (χ0n) is 16.2. The monoisotopic (exact) mass is 373 g/mol. The summed E-state index contributed by atoms with van der Waals surface area (Å²) in [5, 5.41) is 7.04. The lowest BCUT2D eigenvalue weighted by molar-refractivity contribution is -0.131. The van der Waals surface area contributed by atoms with Gasteiger partial charge in [-0.05, 0) is 33.6 Å². The van der Waals surface area contributed by atoms with Crippen LogP contribution in [0.2, 0.25) is 0 Å². The lowest BCUT2D eigenvalue weighted by atomic mass is 10.1. The molecule has 0 bridgehead atoms. The highest BCUT2D eigenvalue weighted by Crippen LogP contribution is 2.19. The molecule has 3 rings (SSSR count). The SMILES string of the molecule is Cc1noc(C)c1CN1CCC(NC(=O)CCn2ccnc2C)CCC1=O. The smallest absolute Gasteiger partial charge is 0.222 e. The van der Waals surface area contributed by atoms with Gasteiger partial charge in [0.05, 0.1) is 12.2 Å². The van der Waals surface area contributed by atoms with Crippen LogP contribution in [0, 0.1) is 20.8 Å². The van der Waals surface area contributed by atoms with E-state index in [-0.39, 0.29) is 17.9 Å². The lowest BCUT2D eigenvalue weighted by Gasteiger charge is -2.21. The number of likely N-dealkylation sites (tertiary alicyclic amines) is 1. The summed E-state index contributed by atoms with van der Waals surface area (Å²) in [6, 6.07) is 0.0278. The van der Waals surface area contributed by atoms with E-state index < -0.39 is 0 Å². The maximum absolute atomic E-state index is 12.5. The Labute approximate surface area is 158 Å². The molecule has 0 spiro atoms. The molecule has 1 N–H and O–H groups in total. The van der Waals surface area contributed by atoms with Gasteiger partial charge in [-0.1, -0.05) is 5.16 Å². The summed E-state index contributed by atoms with van der Waals surface area (Å²) in [5.74, 6) is 1.78. The zero-order valence-corrected chi connectivity index (χ0v) is 16.2. The van der Waals surface area contributed by atoms with Crippen molar-refractivity contribution >= 4 is 11.8 Å². The molecule has 2 aromatic rings. The minimum Gasteiger partial charge on any atom is -0.361 e. The molecule has 27 heavy (non-hydrogen) atoms. The van der Waals surface area contributed by atoms with Crippen LogP contribution in [-0.4, -0.2) is 44.0 Å². The summed E-state index contributed by atoms with van der Waals surface area (Å²) >= 11 is 0. The molecule has 8 heteroatoms. The van der Waals surface area contributed by atoms with Crippen LogP contribution in [-0.2, 0) is 22.7 Å². The van der Waals surface area contributed by atoms with Crippen LogP contribution in [0.25, 0.3) is 0 Å². The largest absolute Gasteiger partial charge is 0.361 e. The van der Waals surface area contributed by atoms with Crippen molar-refractivity contribution < 1.29 is 14.1 Å². The Bertz CT molecular complexity index is 791. The molecule has 0 aromatic carbocycles. The molecule has 1 saturated heterocycles.